The Morgan fingerprint density at radius 1 is 1.17 bits per heavy atom. The van der Waals surface area contributed by atoms with Crippen molar-refractivity contribution in [1.29, 1.82) is 0 Å². The van der Waals surface area contributed by atoms with Crippen LogP contribution >= 0.6 is 0 Å². The average Bonchev–Trinajstić information content (AvgIpc) is 2.42. The molecule has 0 saturated carbocycles. The summed E-state index contributed by atoms with van der Waals surface area (Å²) >= 11 is 0. The molecule has 2 N–H and O–H groups in total. The first-order valence-electron chi connectivity index (χ1n) is 6.68. The molecular formula is C15H24N2O. The number of rotatable bonds is 7. The minimum Gasteiger partial charge on any atom is -0.355 e. The summed E-state index contributed by atoms with van der Waals surface area (Å²) in [6.45, 7) is 8.46. The van der Waals surface area contributed by atoms with Crippen molar-refractivity contribution in [2.24, 2.45) is 5.92 Å². The molecule has 0 aliphatic rings. The summed E-state index contributed by atoms with van der Waals surface area (Å²) in [6.07, 6.45) is 0. The van der Waals surface area contributed by atoms with Gasteiger partial charge in [-0.3, -0.25) is 4.79 Å². The molecule has 0 saturated heterocycles. The fourth-order valence-electron chi connectivity index (χ4n) is 1.78. The van der Waals surface area contributed by atoms with Gasteiger partial charge in [-0.2, -0.15) is 0 Å². The molecule has 1 aromatic carbocycles. The van der Waals surface area contributed by atoms with E-state index in [1.165, 1.54) is 5.56 Å². The van der Waals surface area contributed by atoms with E-state index in [9.17, 15) is 4.79 Å². The van der Waals surface area contributed by atoms with Crippen molar-refractivity contribution in [2.75, 3.05) is 19.6 Å². The topological polar surface area (TPSA) is 41.1 Å². The Morgan fingerprint density at radius 2 is 1.83 bits per heavy atom. The number of hydrogen-bond donors (Lipinski definition) is 2. The Kier molecular flexibility index (Phi) is 6.44. The number of carbonyl (C=O) groups excluding carboxylic acids is 1. The van der Waals surface area contributed by atoms with Crippen LogP contribution in [0, 0.1) is 5.92 Å². The first kappa shape index (κ1) is 14.7. The van der Waals surface area contributed by atoms with Crippen molar-refractivity contribution >= 4 is 5.91 Å². The molecule has 100 valence electrons. The summed E-state index contributed by atoms with van der Waals surface area (Å²) < 4.78 is 0. The fraction of sp³-hybridized carbons (Fsp3) is 0.533. The number of nitrogens with one attached hydrogen (secondary N) is 2. The van der Waals surface area contributed by atoms with Gasteiger partial charge in [0, 0.05) is 19.0 Å². The zero-order valence-electron chi connectivity index (χ0n) is 11.6. The standard InChI is InChI=1S/C15H24N2O/c1-4-16-10-13(3)15(18)17-11-12(2)14-8-6-5-7-9-14/h5-9,12-13,16H,4,10-11H2,1-3H3,(H,17,18). The van der Waals surface area contributed by atoms with Crippen LogP contribution in [0.25, 0.3) is 0 Å². The van der Waals surface area contributed by atoms with E-state index in [2.05, 4.69) is 29.7 Å². The summed E-state index contributed by atoms with van der Waals surface area (Å²) in [5.74, 6) is 0.494. The molecule has 3 nitrogen and oxygen atoms in total. The maximum absolute atomic E-state index is 11.8. The van der Waals surface area contributed by atoms with E-state index in [0.29, 0.717) is 12.5 Å². The summed E-state index contributed by atoms with van der Waals surface area (Å²) in [4.78, 5) is 11.8. The van der Waals surface area contributed by atoms with E-state index in [4.69, 9.17) is 0 Å². The third-order valence-corrected chi connectivity index (χ3v) is 3.10. The molecule has 0 aliphatic heterocycles. The van der Waals surface area contributed by atoms with Gasteiger partial charge in [0.2, 0.25) is 5.91 Å². The van der Waals surface area contributed by atoms with Crippen molar-refractivity contribution in [3.05, 3.63) is 35.9 Å². The van der Waals surface area contributed by atoms with Crippen molar-refractivity contribution in [3.8, 4) is 0 Å². The van der Waals surface area contributed by atoms with Gasteiger partial charge in [-0.05, 0) is 18.0 Å². The first-order chi connectivity index (χ1) is 8.65. The third kappa shape index (κ3) is 4.88. The van der Waals surface area contributed by atoms with Crippen molar-refractivity contribution in [3.63, 3.8) is 0 Å². The molecule has 0 bridgehead atoms. The summed E-state index contributed by atoms with van der Waals surface area (Å²) in [5.41, 5.74) is 1.26. The van der Waals surface area contributed by atoms with Gasteiger partial charge in [-0.1, -0.05) is 51.1 Å². The van der Waals surface area contributed by atoms with E-state index in [1.54, 1.807) is 0 Å². The molecule has 0 spiro atoms. The summed E-state index contributed by atoms with van der Waals surface area (Å²) in [6, 6.07) is 10.3. The van der Waals surface area contributed by atoms with E-state index in [-0.39, 0.29) is 11.8 Å². The van der Waals surface area contributed by atoms with Crippen molar-refractivity contribution in [2.45, 2.75) is 26.7 Å². The quantitative estimate of drug-likeness (QED) is 0.776. The van der Waals surface area contributed by atoms with Gasteiger partial charge in [-0.15, -0.1) is 0 Å². The molecule has 3 heteroatoms. The highest BCUT2D eigenvalue weighted by atomic mass is 16.1. The van der Waals surface area contributed by atoms with Crippen LogP contribution in [0.15, 0.2) is 30.3 Å². The molecule has 0 heterocycles. The van der Waals surface area contributed by atoms with Gasteiger partial charge in [0.05, 0.1) is 0 Å². The Labute approximate surface area is 110 Å². The van der Waals surface area contributed by atoms with Gasteiger partial charge < -0.3 is 10.6 Å². The number of carbonyl (C=O) groups is 1. The number of hydrogen-bond acceptors (Lipinski definition) is 2. The minimum atomic E-state index is 0.0212. The van der Waals surface area contributed by atoms with Gasteiger partial charge in [0.1, 0.15) is 0 Å². The van der Waals surface area contributed by atoms with Crippen LogP contribution in [0.4, 0.5) is 0 Å². The SMILES string of the molecule is CCNCC(C)C(=O)NCC(C)c1ccccc1. The van der Waals surface area contributed by atoms with Crippen molar-refractivity contribution < 1.29 is 4.79 Å². The lowest BCUT2D eigenvalue weighted by molar-refractivity contribution is -0.124. The molecule has 1 rings (SSSR count). The number of benzene rings is 1. The Bertz CT molecular complexity index is 351. The summed E-state index contributed by atoms with van der Waals surface area (Å²) in [7, 11) is 0. The maximum atomic E-state index is 11.8. The second kappa shape index (κ2) is 7.88. The monoisotopic (exact) mass is 248 g/mol. The highest BCUT2D eigenvalue weighted by molar-refractivity contribution is 5.78. The van der Waals surface area contributed by atoms with Crippen LogP contribution in [0.3, 0.4) is 0 Å². The lowest BCUT2D eigenvalue weighted by atomic mass is 10.0. The Hall–Kier alpha value is -1.35. The molecule has 0 aromatic heterocycles. The van der Waals surface area contributed by atoms with Crippen LogP contribution in [0.5, 0.6) is 0 Å². The zero-order chi connectivity index (χ0) is 13.4. The third-order valence-electron chi connectivity index (χ3n) is 3.10. The van der Waals surface area contributed by atoms with Gasteiger partial charge in [-0.25, -0.2) is 0 Å². The average molecular weight is 248 g/mol. The van der Waals surface area contributed by atoms with E-state index >= 15 is 0 Å². The molecular weight excluding hydrogens is 224 g/mol. The fourth-order valence-corrected chi connectivity index (χ4v) is 1.78. The van der Waals surface area contributed by atoms with Crippen LogP contribution in [-0.4, -0.2) is 25.5 Å². The highest BCUT2D eigenvalue weighted by Crippen LogP contribution is 2.13. The lowest BCUT2D eigenvalue weighted by Crippen LogP contribution is -2.36. The molecule has 1 aromatic rings. The predicted octanol–water partition coefficient (Wildman–Crippen LogP) is 2.15. The highest BCUT2D eigenvalue weighted by Gasteiger charge is 2.13. The minimum absolute atomic E-state index is 0.0212. The second-order valence-electron chi connectivity index (χ2n) is 4.77. The van der Waals surface area contributed by atoms with Crippen LogP contribution < -0.4 is 10.6 Å². The van der Waals surface area contributed by atoms with E-state index in [0.717, 1.165) is 13.1 Å². The normalized spacial score (nSPS) is 13.9. The molecule has 0 fully saturated rings. The maximum Gasteiger partial charge on any atom is 0.224 e. The van der Waals surface area contributed by atoms with E-state index in [1.807, 2.05) is 32.0 Å². The lowest BCUT2D eigenvalue weighted by Gasteiger charge is -2.16. The van der Waals surface area contributed by atoms with Gasteiger partial charge in [0.15, 0.2) is 0 Å². The Balaban J connectivity index is 2.34. The van der Waals surface area contributed by atoms with Crippen LogP contribution in [0.2, 0.25) is 0 Å². The molecule has 0 radical (unpaired) electrons. The van der Waals surface area contributed by atoms with Crippen LogP contribution in [-0.2, 0) is 4.79 Å². The molecule has 0 aliphatic carbocycles. The molecule has 2 atom stereocenters. The smallest absolute Gasteiger partial charge is 0.224 e. The second-order valence-corrected chi connectivity index (χ2v) is 4.77. The molecule has 18 heavy (non-hydrogen) atoms. The predicted molar refractivity (Wildman–Crippen MR) is 75.6 cm³/mol. The van der Waals surface area contributed by atoms with Gasteiger partial charge in [0.25, 0.3) is 0 Å². The van der Waals surface area contributed by atoms with E-state index < -0.39 is 0 Å². The summed E-state index contributed by atoms with van der Waals surface area (Å²) in [5, 5.41) is 6.20. The van der Waals surface area contributed by atoms with Crippen LogP contribution in [0.1, 0.15) is 32.3 Å². The molecule has 2 unspecified atom stereocenters. The Morgan fingerprint density at radius 3 is 2.44 bits per heavy atom. The molecule has 1 amide bonds. The first-order valence-corrected chi connectivity index (χ1v) is 6.68. The number of amides is 1. The largest absolute Gasteiger partial charge is 0.355 e. The van der Waals surface area contributed by atoms with Crippen molar-refractivity contribution in [1.82, 2.24) is 10.6 Å². The van der Waals surface area contributed by atoms with Gasteiger partial charge >= 0.3 is 0 Å². The zero-order valence-corrected chi connectivity index (χ0v) is 11.6.